The first-order valence-corrected chi connectivity index (χ1v) is 8.29. The van der Waals surface area contributed by atoms with Gasteiger partial charge in [0.25, 0.3) is 0 Å². The molecule has 0 aliphatic heterocycles. The van der Waals surface area contributed by atoms with Crippen LogP contribution in [-0.4, -0.2) is 14.2 Å². The van der Waals surface area contributed by atoms with Gasteiger partial charge in [-0.1, -0.05) is 0 Å². The highest BCUT2D eigenvalue weighted by atomic mass is 35.5. The SMILES string of the molecule is COc1cc(F)c(C(Cl)c2cc3sccc3s2)cc1OC. The van der Waals surface area contributed by atoms with Crippen molar-refractivity contribution < 1.29 is 13.9 Å². The summed E-state index contributed by atoms with van der Waals surface area (Å²) >= 11 is 9.70. The molecule has 1 unspecified atom stereocenters. The highest BCUT2D eigenvalue weighted by molar-refractivity contribution is 7.27. The van der Waals surface area contributed by atoms with Gasteiger partial charge in [0.1, 0.15) is 5.82 Å². The predicted octanol–water partition coefficient (Wildman–Crippen LogP) is 5.45. The molecule has 0 saturated heterocycles. The molecule has 1 atom stereocenters. The fourth-order valence-corrected chi connectivity index (χ4v) is 4.61. The molecule has 3 aromatic rings. The van der Waals surface area contributed by atoms with Gasteiger partial charge in [-0.25, -0.2) is 4.39 Å². The van der Waals surface area contributed by atoms with Crippen LogP contribution in [0.3, 0.4) is 0 Å². The number of hydrogen-bond donors (Lipinski definition) is 0. The van der Waals surface area contributed by atoms with Crippen LogP contribution in [0.5, 0.6) is 11.5 Å². The summed E-state index contributed by atoms with van der Waals surface area (Å²) in [4.78, 5) is 0.921. The van der Waals surface area contributed by atoms with Gasteiger partial charge in [-0.3, -0.25) is 0 Å². The second-order valence-corrected chi connectivity index (χ2v) is 6.89. The van der Waals surface area contributed by atoms with Crippen molar-refractivity contribution in [3.05, 3.63) is 45.9 Å². The van der Waals surface area contributed by atoms with Crippen LogP contribution in [0.4, 0.5) is 4.39 Å². The van der Waals surface area contributed by atoms with Crippen LogP contribution in [0.1, 0.15) is 15.8 Å². The molecule has 0 spiro atoms. The Balaban J connectivity index is 2.04. The molecule has 0 N–H and O–H groups in total. The van der Waals surface area contributed by atoms with Crippen molar-refractivity contribution in [1.82, 2.24) is 0 Å². The summed E-state index contributed by atoms with van der Waals surface area (Å²) < 4.78 is 26.9. The number of benzene rings is 1. The van der Waals surface area contributed by atoms with Gasteiger partial charge in [-0.15, -0.1) is 34.3 Å². The van der Waals surface area contributed by atoms with Crippen molar-refractivity contribution in [3.63, 3.8) is 0 Å². The van der Waals surface area contributed by atoms with Gasteiger partial charge >= 0.3 is 0 Å². The van der Waals surface area contributed by atoms with E-state index in [1.165, 1.54) is 29.7 Å². The van der Waals surface area contributed by atoms with E-state index in [9.17, 15) is 4.39 Å². The largest absolute Gasteiger partial charge is 0.493 e. The zero-order valence-corrected chi connectivity index (χ0v) is 13.7. The number of methoxy groups -OCH3 is 2. The Kier molecular flexibility index (Phi) is 4.06. The number of ether oxygens (including phenoxy) is 2. The van der Waals surface area contributed by atoms with Crippen LogP contribution in [-0.2, 0) is 0 Å². The third-order valence-corrected chi connectivity index (χ3v) is 5.94. The van der Waals surface area contributed by atoms with Gasteiger partial charge in [0.2, 0.25) is 0 Å². The van der Waals surface area contributed by atoms with Crippen LogP contribution in [0.2, 0.25) is 0 Å². The zero-order valence-electron chi connectivity index (χ0n) is 11.4. The topological polar surface area (TPSA) is 18.5 Å². The summed E-state index contributed by atoms with van der Waals surface area (Å²) in [6, 6.07) is 6.96. The Bertz CT molecular complexity index is 753. The Labute approximate surface area is 134 Å². The second kappa shape index (κ2) is 5.83. The molecule has 21 heavy (non-hydrogen) atoms. The van der Waals surface area contributed by atoms with Crippen molar-refractivity contribution in [3.8, 4) is 11.5 Å². The van der Waals surface area contributed by atoms with Crippen LogP contribution in [0.15, 0.2) is 29.6 Å². The monoisotopic (exact) mass is 342 g/mol. The van der Waals surface area contributed by atoms with Crippen LogP contribution in [0, 0.1) is 5.82 Å². The number of alkyl halides is 1. The van der Waals surface area contributed by atoms with E-state index in [1.807, 2.05) is 17.5 Å². The zero-order chi connectivity index (χ0) is 15.0. The number of hydrogen-bond acceptors (Lipinski definition) is 4. The van der Waals surface area contributed by atoms with E-state index >= 15 is 0 Å². The predicted molar refractivity (Wildman–Crippen MR) is 86.9 cm³/mol. The van der Waals surface area contributed by atoms with Gasteiger partial charge in [0, 0.05) is 25.9 Å². The summed E-state index contributed by atoms with van der Waals surface area (Å²) in [6.45, 7) is 0. The number of halogens is 2. The Morgan fingerprint density at radius 3 is 2.48 bits per heavy atom. The average molecular weight is 343 g/mol. The van der Waals surface area contributed by atoms with Crippen LogP contribution in [0.25, 0.3) is 9.40 Å². The molecule has 2 nitrogen and oxygen atoms in total. The molecule has 0 fully saturated rings. The molecule has 0 radical (unpaired) electrons. The maximum atomic E-state index is 14.3. The van der Waals surface area contributed by atoms with E-state index < -0.39 is 11.2 Å². The number of thiophene rings is 2. The first kappa shape index (κ1) is 14.6. The standard InChI is InChI=1S/C15H12ClFO2S2/c1-18-10-5-8(9(17)6-11(10)19-2)15(16)14-7-13-12(21-14)3-4-20-13/h3-7,15H,1-2H3. The van der Waals surface area contributed by atoms with Crippen LogP contribution >= 0.6 is 34.3 Å². The first-order chi connectivity index (χ1) is 10.1. The molecule has 0 aliphatic carbocycles. The van der Waals surface area contributed by atoms with E-state index in [-0.39, 0.29) is 0 Å². The van der Waals surface area contributed by atoms with E-state index in [2.05, 4.69) is 0 Å². The number of fused-ring (bicyclic) bond motifs is 1. The van der Waals surface area contributed by atoms with Gasteiger partial charge in [0.05, 0.1) is 19.6 Å². The Morgan fingerprint density at radius 1 is 1.10 bits per heavy atom. The Hall–Kier alpha value is -1.30. The molecule has 2 aromatic heterocycles. The quantitative estimate of drug-likeness (QED) is 0.587. The lowest BCUT2D eigenvalue weighted by Gasteiger charge is -2.13. The molecule has 0 amide bonds. The van der Waals surface area contributed by atoms with E-state index in [0.717, 1.165) is 4.88 Å². The minimum absolute atomic E-state index is 0.356. The van der Waals surface area contributed by atoms with Gasteiger partial charge in [-0.05, 0) is 23.6 Å². The number of rotatable bonds is 4. The average Bonchev–Trinajstić information content (AvgIpc) is 3.07. The minimum Gasteiger partial charge on any atom is -0.493 e. The lowest BCUT2D eigenvalue weighted by atomic mass is 10.1. The summed E-state index contributed by atoms with van der Waals surface area (Å²) in [5.41, 5.74) is 0.392. The van der Waals surface area contributed by atoms with Crippen molar-refractivity contribution in [2.24, 2.45) is 0 Å². The molecule has 0 bridgehead atoms. The lowest BCUT2D eigenvalue weighted by Crippen LogP contribution is -1.99. The third kappa shape index (κ3) is 2.61. The van der Waals surface area contributed by atoms with Gasteiger partial charge in [-0.2, -0.15) is 0 Å². The molecule has 0 saturated carbocycles. The molecule has 110 valence electrons. The fourth-order valence-electron chi connectivity index (χ4n) is 2.13. The van der Waals surface area contributed by atoms with Gasteiger partial charge < -0.3 is 9.47 Å². The molecule has 2 heterocycles. The first-order valence-electron chi connectivity index (χ1n) is 6.16. The van der Waals surface area contributed by atoms with E-state index in [0.29, 0.717) is 17.1 Å². The molecule has 0 aliphatic rings. The van der Waals surface area contributed by atoms with E-state index in [4.69, 9.17) is 21.1 Å². The van der Waals surface area contributed by atoms with Crippen molar-refractivity contribution in [1.29, 1.82) is 0 Å². The molecule has 6 heteroatoms. The highest BCUT2D eigenvalue weighted by Crippen LogP contribution is 2.42. The lowest BCUT2D eigenvalue weighted by molar-refractivity contribution is 0.351. The van der Waals surface area contributed by atoms with Crippen molar-refractivity contribution in [2.75, 3.05) is 14.2 Å². The Morgan fingerprint density at radius 2 is 1.81 bits per heavy atom. The van der Waals surface area contributed by atoms with E-state index in [1.54, 1.807) is 28.7 Å². The smallest absolute Gasteiger partial charge is 0.163 e. The normalized spacial score (nSPS) is 12.6. The maximum absolute atomic E-state index is 14.3. The van der Waals surface area contributed by atoms with Crippen molar-refractivity contribution >= 4 is 43.7 Å². The minimum atomic E-state index is -0.547. The molecule has 3 rings (SSSR count). The maximum Gasteiger partial charge on any atom is 0.163 e. The summed E-state index contributed by atoms with van der Waals surface area (Å²) in [6.07, 6.45) is 0. The highest BCUT2D eigenvalue weighted by Gasteiger charge is 2.21. The fraction of sp³-hybridized carbons (Fsp3) is 0.200. The molecule has 1 aromatic carbocycles. The van der Waals surface area contributed by atoms with Gasteiger partial charge in [0.15, 0.2) is 11.5 Å². The molecular weight excluding hydrogens is 331 g/mol. The van der Waals surface area contributed by atoms with Crippen molar-refractivity contribution in [2.45, 2.75) is 5.38 Å². The van der Waals surface area contributed by atoms with Crippen LogP contribution < -0.4 is 9.47 Å². The summed E-state index contributed by atoms with van der Waals surface area (Å²) in [5.74, 6) is 0.428. The second-order valence-electron chi connectivity index (χ2n) is 4.39. The summed E-state index contributed by atoms with van der Waals surface area (Å²) in [5, 5.41) is 1.49. The molecular formula is C15H12ClFO2S2. The summed E-state index contributed by atoms with van der Waals surface area (Å²) in [7, 11) is 2.99. The third-order valence-electron chi connectivity index (χ3n) is 3.18.